The van der Waals surface area contributed by atoms with Crippen molar-refractivity contribution in [2.75, 3.05) is 13.1 Å². The van der Waals surface area contributed by atoms with Gasteiger partial charge >= 0.3 is 0 Å². The first-order valence-electron chi connectivity index (χ1n) is 8.15. The number of H-pyrrole nitrogens is 1. The number of likely N-dealkylation sites (tertiary alicyclic amines) is 1. The van der Waals surface area contributed by atoms with Gasteiger partial charge in [-0.25, -0.2) is 4.98 Å². The van der Waals surface area contributed by atoms with E-state index >= 15 is 0 Å². The van der Waals surface area contributed by atoms with E-state index in [9.17, 15) is 9.59 Å². The van der Waals surface area contributed by atoms with Crippen molar-refractivity contribution in [1.82, 2.24) is 29.9 Å². The number of hydrogen-bond donors (Lipinski definition) is 1. The number of amides is 1. The van der Waals surface area contributed by atoms with Crippen LogP contribution >= 0.6 is 0 Å². The monoisotopic (exact) mass is 330 g/mol. The van der Waals surface area contributed by atoms with E-state index in [0.29, 0.717) is 30.3 Å². The van der Waals surface area contributed by atoms with E-state index in [-0.39, 0.29) is 18.2 Å². The zero-order valence-electron chi connectivity index (χ0n) is 14.2. The van der Waals surface area contributed by atoms with E-state index in [1.807, 2.05) is 11.8 Å². The molecule has 2 aromatic rings. The number of carbonyl (C=O) groups is 2. The summed E-state index contributed by atoms with van der Waals surface area (Å²) in [7, 11) is 0. The van der Waals surface area contributed by atoms with E-state index in [2.05, 4.69) is 20.3 Å². The first-order valence-corrected chi connectivity index (χ1v) is 8.15. The molecule has 1 amide bonds. The second-order valence-electron chi connectivity index (χ2n) is 6.29. The average molecular weight is 330 g/mol. The van der Waals surface area contributed by atoms with Gasteiger partial charge in [-0.1, -0.05) is 0 Å². The molecule has 1 N–H and O–H groups in total. The van der Waals surface area contributed by atoms with Crippen molar-refractivity contribution in [2.24, 2.45) is 0 Å². The molecule has 1 saturated heterocycles. The smallest absolute Gasteiger partial charge is 0.244 e. The summed E-state index contributed by atoms with van der Waals surface area (Å²) in [5.74, 6) is 1.24. The summed E-state index contributed by atoms with van der Waals surface area (Å²) in [5, 5.41) is 11.1. The molecule has 8 nitrogen and oxygen atoms in total. The van der Waals surface area contributed by atoms with Crippen LogP contribution < -0.4 is 0 Å². The first-order chi connectivity index (χ1) is 11.5. The van der Waals surface area contributed by atoms with E-state index in [4.69, 9.17) is 0 Å². The van der Waals surface area contributed by atoms with Crippen molar-refractivity contribution >= 4 is 11.7 Å². The Morgan fingerprint density at radius 1 is 1.29 bits per heavy atom. The van der Waals surface area contributed by atoms with Crippen molar-refractivity contribution in [3.63, 3.8) is 0 Å². The lowest BCUT2D eigenvalue weighted by Gasteiger charge is -2.31. The molecule has 1 aliphatic heterocycles. The Bertz CT molecular complexity index is 741. The molecule has 0 atom stereocenters. The molecule has 1 aliphatic rings. The molecule has 0 aliphatic carbocycles. The SMILES string of the molecule is CC(=O)c1c(C)nn(CC(=O)N2CCC(c3ncn[nH]3)CC2)c1C. The van der Waals surface area contributed by atoms with Crippen molar-refractivity contribution in [2.45, 2.75) is 46.1 Å². The predicted octanol–water partition coefficient (Wildman–Crippen LogP) is 1.23. The fraction of sp³-hybridized carbons (Fsp3) is 0.562. The van der Waals surface area contributed by atoms with E-state index < -0.39 is 0 Å². The minimum Gasteiger partial charge on any atom is -0.341 e. The molecule has 0 aromatic carbocycles. The van der Waals surface area contributed by atoms with Gasteiger partial charge in [-0.3, -0.25) is 19.4 Å². The highest BCUT2D eigenvalue weighted by molar-refractivity contribution is 5.96. The number of aromatic nitrogens is 5. The first kappa shape index (κ1) is 16.4. The van der Waals surface area contributed by atoms with Crippen LogP contribution in [0.3, 0.4) is 0 Å². The third-order valence-corrected chi connectivity index (χ3v) is 4.69. The van der Waals surface area contributed by atoms with Crippen LogP contribution in [0.5, 0.6) is 0 Å². The molecule has 0 unspecified atom stereocenters. The Labute approximate surface area is 140 Å². The highest BCUT2D eigenvalue weighted by Gasteiger charge is 2.26. The summed E-state index contributed by atoms with van der Waals surface area (Å²) in [6.45, 7) is 6.73. The van der Waals surface area contributed by atoms with E-state index in [1.165, 1.54) is 13.3 Å². The third-order valence-electron chi connectivity index (χ3n) is 4.69. The second kappa shape index (κ2) is 6.54. The zero-order chi connectivity index (χ0) is 17.3. The zero-order valence-corrected chi connectivity index (χ0v) is 14.2. The summed E-state index contributed by atoms with van der Waals surface area (Å²) in [6.07, 6.45) is 3.26. The Hall–Kier alpha value is -2.51. The Balaban J connectivity index is 1.62. The quantitative estimate of drug-likeness (QED) is 0.850. The van der Waals surface area contributed by atoms with Crippen LogP contribution in [0.1, 0.15) is 53.3 Å². The highest BCUT2D eigenvalue weighted by Crippen LogP contribution is 2.25. The standard InChI is InChI=1S/C16H22N6O2/c1-10-15(12(3)23)11(2)22(20-10)8-14(24)21-6-4-13(5-7-21)16-17-9-18-19-16/h9,13H,4-8H2,1-3H3,(H,17,18,19). The minimum absolute atomic E-state index is 0.0171. The number of aryl methyl sites for hydroxylation is 1. The number of ketones is 1. The van der Waals surface area contributed by atoms with Gasteiger partial charge in [-0.15, -0.1) is 0 Å². The summed E-state index contributed by atoms with van der Waals surface area (Å²) < 4.78 is 1.64. The molecular weight excluding hydrogens is 308 g/mol. The fourth-order valence-corrected chi connectivity index (χ4v) is 3.40. The number of nitrogens with one attached hydrogen (secondary N) is 1. The molecule has 3 heterocycles. The van der Waals surface area contributed by atoms with Gasteiger partial charge in [-0.2, -0.15) is 10.2 Å². The van der Waals surface area contributed by atoms with Crippen LogP contribution in [-0.4, -0.2) is 54.6 Å². The van der Waals surface area contributed by atoms with Crippen molar-refractivity contribution in [3.05, 3.63) is 29.1 Å². The number of aromatic amines is 1. The van der Waals surface area contributed by atoms with Crippen LogP contribution in [-0.2, 0) is 11.3 Å². The lowest BCUT2D eigenvalue weighted by molar-refractivity contribution is -0.133. The third kappa shape index (κ3) is 3.08. The van der Waals surface area contributed by atoms with Gasteiger partial charge in [0.05, 0.1) is 11.3 Å². The largest absolute Gasteiger partial charge is 0.341 e. The molecule has 0 saturated carbocycles. The Kier molecular flexibility index (Phi) is 4.46. The molecule has 24 heavy (non-hydrogen) atoms. The number of carbonyl (C=O) groups excluding carboxylic acids is 2. The normalized spacial score (nSPS) is 15.7. The van der Waals surface area contributed by atoms with E-state index in [0.717, 1.165) is 24.4 Å². The van der Waals surface area contributed by atoms with Gasteiger partial charge in [-0.05, 0) is 33.6 Å². The van der Waals surface area contributed by atoms with Crippen molar-refractivity contribution in [1.29, 1.82) is 0 Å². The molecule has 1 fully saturated rings. The maximum atomic E-state index is 12.5. The molecule has 128 valence electrons. The van der Waals surface area contributed by atoms with Gasteiger partial charge < -0.3 is 4.90 Å². The number of hydrogen-bond acceptors (Lipinski definition) is 5. The molecule has 0 bridgehead atoms. The molecular formula is C16H22N6O2. The summed E-state index contributed by atoms with van der Waals surface area (Å²) >= 11 is 0. The molecule has 0 radical (unpaired) electrons. The number of nitrogens with zero attached hydrogens (tertiary/aromatic N) is 5. The van der Waals surface area contributed by atoms with Crippen LogP contribution in [0.2, 0.25) is 0 Å². The van der Waals surface area contributed by atoms with Crippen LogP contribution in [0, 0.1) is 13.8 Å². The maximum Gasteiger partial charge on any atom is 0.244 e. The number of rotatable bonds is 4. The summed E-state index contributed by atoms with van der Waals surface area (Å²) in [5.41, 5.74) is 2.05. The van der Waals surface area contributed by atoms with Gasteiger partial charge in [0, 0.05) is 24.7 Å². The topological polar surface area (TPSA) is 96.8 Å². The predicted molar refractivity (Wildman–Crippen MR) is 86.6 cm³/mol. The fourth-order valence-electron chi connectivity index (χ4n) is 3.40. The van der Waals surface area contributed by atoms with Gasteiger partial charge in [0.15, 0.2) is 5.78 Å². The number of piperidine rings is 1. The van der Waals surface area contributed by atoms with Gasteiger partial charge in [0.2, 0.25) is 5.91 Å². The van der Waals surface area contributed by atoms with Crippen molar-refractivity contribution in [3.8, 4) is 0 Å². The summed E-state index contributed by atoms with van der Waals surface area (Å²) in [4.78, 5) is 30.3. The van der Waals surface area contributed by atoms with Crippen LogP contribution in [0.4, 0.5) is 0 Å². The number of Topliss-reactive ketones (excluding diaryl/α,β-unsaturated/α-hetero) is 1. The average Bonchev–Trinajstić information content (AvgIpc) is 3.16. The lowest BCUT2D eigenvalue weighted by Crippen LogP contribution is -2.40. The van der Waals surface area contributed by atoms with Gasteiger partial charge in [0.1, 0.15) is 18.7 Å². The molecule has 3 rings (SSSR count). The van der Waals surface area contributed by atoms with Gasteiger partial charge in [0.25, 0.3) is 0 Å². The molecule has 8 heteroatoms. The van der Waals surface area contributed by atoms with Crippen LogP contribution in [0.15, 0.2) is 6.33 Å². The molecule has 0 spiro atoms. The van der Waals surface area contributed by atoms with Crippen LogP contribution in [0.25, 0.3) is 0 Å². The Morgan fingerprint density at radius 3 is 2.54 bits per heavy atom. The summed E-state index contributed by atoms with van der Waals surface area (Å²) in [6, 6.07) is 0. The van der Waals surface area contributed by atoms with Crippen molar-refractivity contribution < 1.29 is 9.59 Å². The lowest BCUT2D eigenvalue weighted by atomic mass is 9.96. The van der Waals surface area contributed by atoms with E-state index in [1.54, 1.807) is 11.6 Å². The highest BCUT2D eigenvalue weighted by atomic mass is 16.2. The maximum absolute atomic E-state index is 12.5. The Morgan fingerprint density at radius 2 is 2.00 bits per heavy atom. The minimum atomic E-state index is -0.0171. The second-order valence-corrected chi connectivity index (χ2v) is 6.29. The molecule has 2 aromatic heterocycles.